The van der Waals surface area contributed by atoms with Crippen LogP contribution < -0.4 is 9.47 Å². The van der Waals surface area contributed by atoms with E-state index in [-0.39, 0.29) is 49.4 Å². The molecule has 4 aliphatic carbocycles. The maximum Gasteiger partial charge on any atom is 0.338 e. The van der Waals surface area contributed by atoms with Crippen molar-refractivity contribution in [3.8, 4) is 56.0 Å². The van der Waals surface area contributed by atoms with Crippen LogP contribution in [0.1, 0.15) is 99.8 Å². The topological polar surface area (TPSA) is 207 Å². The molecule has 0 unspecified atom stereocenters. The second-order valence-corrected chi connectivity index (χ2v) is 23.7. The van der Waals surface area contributed by atoms with Gasteiger partial charge in [-0.3, -0.25) is 0 Å². The van der Waals surface area contributed by atoms with Crippen LogP contribution in [0.25, 0.3) is 44.5 Å². The van der Waals surface area contributed by atoms with Gasteiger partial charge in [0.2, 0.25) is 9.84 Å². The van der Waals surface area contributed by atoms with Gasteiger partial charge in [0.1, 0.15) is 60.8 Å². The molecule has 4 aliphatic rings. The summed E-state index contributed by atoms with van der Waals surface area (Å²) in [4.78, 5) is 53.9. The van der Waals surface area contributed by atoms with Gasteiger partial charge in [-0.2, -0.15) is 0 Å². The zero-order valence-corrected chi connectivity index (χ0v) is 50.9. The molecule has 17 heteroatoms. The van der Waals surface area contributed by atoms with E-state index >= 15 is 0 Å². The van der Waals surface area contributed by atoms with E-state index in [1.165, 1.54) is 48.5 Å². The average Bonchev–Trinajstić information content (AvgIpc) is 1.62. The molecule has 14 rings (SSSR count). The van der Waals surface area contributed by atoms with Crippen LogP contribution in [0.5, 0.6) is 11.5 Å². The van der Waals surface area contributed by atoms with Gasteiger partial charge in [0.15, 0.2) is 0 Å². The lowest BCUT2D eigenvalue weighted by molar-refractivity contribution is 0.0443. The van der Waals surface area contributed by atoms with Gasteiger partial charge in [-0.1, -0.05) is 146 Å². The summed E-state index contributed by atoms with van der Waals surface area (Å²) in [6.45, 7) is 3.81. The fraction of sp³-hybridized carbons (Fsp3) is 0.105. The number of nitrogens with zero attached hydrogens (tertiary/aromatic N) is 4. The van der Waals surface area contributed by atoms with Crippen molar-refractivity contribution < 1.29 is 56.0 Å². The predicted molar refractivity (Wildman–Crippen MR) is 352 cm³/mol. The molecule has 0 fully saturated rings. The number of hydrogen-bond donors (Lipinski definition) is 0. The van der Waals surface area contributed by atoms with Crippen molar-refractivity contribution in [2.24, 2.45) is 20.4 Å². The van der Waals surface area contributed by atoms with Crippen molar-refractivity contribution in [1.29, 1.82) is 0 Å². The summed E-state index contributed by atoms with van der Waals surface area (Å²) in [6.07, 6.45) is 0. The molecule has 0 heterocycles. The summed E-state index contributed by atoms with van der Waals surface area (Å²) in [5.41, 5.74) is 16.2. The maximum atomic E-state index is 13.9. The molecule has 456 valence electrons. The van der Waals surface area contributed by atoms with E-state index in [9.17, 15) is 27.6 Å². The van der Waals surface area contributed by atoms with Crippen molar-refractivity contribution in [2.45, 2.75) is 23.6 Å². The van der Waals surface area contributed by atoms with Crippen molar-refractivity contribution >= 4 is 56.6 Å². The SMILES string of the molecule is CCOC(=O)c1cccc2c1-c1ccccc1/C2=N\N=C1/c2ccccc2-c2c(C(=O)OCCOc3ccc(S(=O)(=O)c4ccc(OCCOC(=O)c5cccc6c5-c5ccccc5/C6=N\N=C5/c6ccccc6-c6c(C(=O)OCC)cccc65)cc4)cc3)cccc21. The van der Waals surface area contributed by atoms with Crippen LogP contribution in [0, 0.1) is 0 Å². The minimum Gasteiger partial charge on any atom is -0.490 e. The highest BCUT2D eigenvalue weighted by molar-refractivity contribution is 7.91. The molecular weight excluding hydrogens is 1190 g/mol. The molecule has 0 saturated heterocycles. The first kappa shape index (κ1) is 59.0. The number of rotatable bonds is 18. The minimum atomic E-state index is -3.96. The van der Waals surface area contributed by atoms with Gasteiger partial charge < -0.3 is 28.4 Å². The number of fused-ring (bicyclic) bond motifs is 12. The van der Waals surface area contributed by atoms with Gasteiger partial charge in [0, 0.05) is 66.8 Å². The van der Waals surface area contributed by atoms with Gasteiger partial charge in [-0.25, -0.2) is 27.6 Å². The molecular formula is C76H54N4O12S. The third-order valence-electron chi connectivity index (χ3n) is 16.5. The Balaban J connectivity index is 0.589. The van der Waals surface area contributed by atoms with Gasteiger partial charge in [0.05, 0.1) is 45.3 Å². The van der Waals surface area contributed by atoms with Crippen LogP contribution in [-0.2, 0) is 28.8 Å². The zero-order chi connectivity index (χ0) is 63.7. The van der Waals surface area contributed by atoms with Gasteiger partial charge >= 0.3 is 23.9 Å². The summed E-state index contributed by atoms with van der Waals surface area (Å²) in [5.74, 6) is -1.22. The fourth-order valence-electron chi connectivity index (χ4n) is 12.4. The number of ether oxygens (including phenoxy) is 6. The van der Waals surface area contributed by atoms with Crippen LogP contribution in [-0.4, -0.2) is 94.8 Å². The van der Waals surface area contributed by atoms with Crippen LogP contribution >= 0.6 is 0 Å². The van der Waals surface area contributed by atoms with E-state index < -0.39 is 33.7 Å². The van der Waals surface area contributed by atoms with Crippen molar-refractivity contribution in [3.05, 3.63) is 285 Å². The molecule has 10 aromatic carbocycles. The molecule has 0 N–H and O–H groups in total. The Hall–Kier alpha value is -11.7. The number of carbonyl (C=O) groups excluding carboxylic acids is 4. The largest absolute Gasteiger partial charge is 0.490 e. The first-order chi connectivity index (χ1) is 45.5. The molecule has 0 atom stereocenters. The lowest BCUT2D eigenvalue weighted by atomic mass is 9.99. The normalized spacial score (nSPS) is 14.3. The maximum absolute atomic E-state index is 13.9. The number of hydrogen-bond acceptors (Lipinski definition) is 16. The third kappa shape index (κ3) is 10.7. The van der Waals surface area contributed by atoms with E-state index in [2.05, 4.69) is 0 Å². The second kappa shape index (κ2) is 24.9. The third-order valence-corrected chi connectivity index (χ3v) is 18.2. The standard InChI is InChI=1S/C76H54N4O12S/c1-3-87-73(81)61-29-13-25-57-65(61)49-17-5-9-21-53(49)69(57)77-79-71-55-23-11-7-19-51(55)67-59(71)27-15-31-63(67)75(83)91-43-41-89-45-33-37-47(38-34-45)93(85,86)48-39-35-46(36-40-48)90-42-44-92-76(84)64-32-16-28-60-68(64)52-20-8-12-24-56(52)72(60)80-78-70-54-22-10-6-18-50(54)66-58(70)26-14-30-62(66)74(82)88-4-2/h5-40H,3-4,41-44H2,1-2H3/b77-69+,78-70+,79-71+,80-72+. The number of carbonyl (C=O) groups is 4. The predicted octanol–water partition coefficient (Wildman–Crippen LogP) is 13.8. The minimum absolute atomic E-state index is 0.0123. The van der Waals surface area contributed by atoms with E-state index in [1.807, 2.05) is 133 Å². The van der Waals surface area contributed by atoms with E-state index in [0.717, 1.165) is 66.8 Å². The van der Waals surface area contributed by atoms with E-state index in [4.69, 9.17) is 48.8 Å². The van der Waals surface area contributed by atoms with Crippen molar-refractivity contribution in [1.82, 2.24) is 0 Å². The highest BCUT2D eigenvalue weighted by atomic mass is 32.2. The molecule has 0 saturated carbocycles. The lowest BCUT2D eigenvalue weighted by Gasteiger charge is -2.11. The van der Waals surface area contributed by atoms with Crippen LogP contribution in [0.15, 0.2) is 249 Å². The summed E-state index contributed by atoms with van der Waals surface area (Å²) >= 11 is 0. The molecule has 0 aromatic heterocycles. The van der Waals surface area contributed by atoms with Crippen LogP contribution in [0.3, 0.4) is 0 Å². The van der Waals surface area contributed by atoms with Crippen LogP contribution in [0.4, 0.5) is 0 Å². The number of sulfone groups is 1. The number of esters is 4. The number of benzene rings is 10. The molecule has 0 spiro atoms. The molecule has 0 aliphatic heterocycles. The summed E-state index contributed by atoms with van der Waals surface area (Å²) in [7, 11) is -3.96. The average molecular weight is 1250 g/mol. The Morgan fingerprint density at radius 1 is 0.290 bits per heavy atom. The molecule has 16 nitrogen and oxygen atoms in total. The first-order valence-electron chi connectivity index (χ1n) is 30.2. The summed E-state index contributed by atoms with van der Waals surface area (Å²) < 4.78 is 61.6. The Kier molecular flexibility index (Phi) is 15.8. The Labute approximate surface area is 534 Å². The molecule has 10 aromatic rings. The van der Waals surface area contributed by atoms with E-state index in [1.54, 1.807) is 50.2 Å². The Morgan fingerprint density at radius 3 is 0.806 bits per heavy atom. The fourth-order valence-corrected chi connectivity index (χ4v) is 13.7. The highest BCUT2D eigenvalue weighted by Crippen LogP contribution is 2.45. The van der Waals surface area contributed by atoms with Gasteiger partial charge in [0.25, 0.3) is 0 Å². The van der Waals surface area contributed by atoms with Gasteiger partial charge in [-0.05, 0) is 109 Å². The van der Waals surface area contributed by atoms with Crippen molar-refractivity contribution in [3.63, 3.8) is 0 Å². The smallest absolute Gasteiger partial charge is 0.338 e. The highest BCUT2D eigenvalue weighted by Gasteiger charge is 2.35. The summed E-state index contributed by atoms with van der Waals surface area (Å²) in [6, 6.07) is 64.4. The molecule has 93 heavy (non-hydrogen) atoms. The van der Waals surface area contributed by atoms with Crippen LogP contribution in [0.2, 0.25) is 0 Å². The Bertz CT molecular complexity index is 4690. The van der Waals surface area contributed by atoms with E-state index in [0.29, 0.717) is 78.9 Å². The zero-order valence-electron chi connectivity index (χ0n) is 50.1. The lowest BCUT2D eigenvalue weighted by Crippen LogP contribution is -2.13. The second-order valence-electron chi connectivity index (χ2n) is 21.7. The molecule has 0 radical (unpaired) electrons. The molecule has 0 bridgehead atoms. The first-order valence-corrected chi connectivity index (χ1v) is 31.6. The monoisotopic (exact) mass is 1250 g/mol. The van der Waals surface area contributed by atoms with Gasteiger partial charge in [-0.15, -0.1) is 20.4 Å². The quantitative estimate of drug-likeness (QED) is 0.0340. The molecule has 0 amide bonds. The summed E-state index contributed by atoms with van der Waals surface area (Å²) in [5, 5.41) is 19.4. The Morgan fingerprint density at radius 2 is 0.538 bits per heavy atom. The van der Waals surface area contributed by atoms with Crippen molar-refractivity contribution in [2.75, 3.05) is 39.6 Å².